The van der Waals surface area contributed by atoms with E-state index in [0.29, 0.717) is 37.1 Å². The van der Waals surface area contributed by atoms with E-state index in [9.17, 15) is 4.79 Å². The normalized spacial score (nSPS) is 12.0. The molecule has 0 aliphatic rings. The van der Waals surface area contributed by atoms with Crippen LogP contribution in [0.15, 0.2) is 36.4 Å². The molecule has 2 aromatic carbocycles. The standard InChI is InChI=1S/C26H34N2O3S/c1-5-8-15-31-22-13-9-19(16-23(22)30-7-3)10-14-25(29)28-26-27-21-12-11-20(18(4)6-2)17-24(21)32-26/h9,11-13,16-18H,5-8,10,14-15H2,1-4H3,(H,27,28,29). The van der Waals surface area contributed by atoms with Crippen LogP contribution in [0.1, 0.15) is 70.4 Å². The first kappa shape index (κ1) is 24.1. The first-order chi connectivity index (χ1) is 15.5. The molecule has 0 aliphatic heterocycles. The van der Waals surface area contributed by atoms with Gasteiger partial charge in [-0.3, -0.25) is 4.79 Å². The van der Waals surface area contributed by atoms with E-state index in [1.807, 2.05) is 31.2 Å². The largest absolute Gasteiger partial charge is 0.490 e. The predicted molar refractivity (Wildman–Crippen MR) is 133 cm³/mol. The summed E-state index contributed by atoms with van der Waals surface area (Å²) >= 11 is 1.53. The Kier molecular flexibility index (Phi) is 8.91. The van der Waals surface area contributed by atoms with Crippen LogP contribution < -0.4 is 14.8 Å². The molecule has 0 radical (unpaired) electrons. The second-order valence-corrected chi connectivity index (χ2v) is 9.05. The number of aryl methyl sites for hydroxylation is 1. The topological polar surface area (TPSA) is 60.5 Å². The van der Waals surface area contributed by atoms with Crippen molar-refractivity contribution in [2.45, 2.75) is 65.7 Å². The van der Waals surface area contributed by atoms with E-state index in [2.05, 4.69) is 43.2 Å². The molecule has 0 saturated heterocycles. The van der Waals surface area contributed by atoms with Crippen molar-refractivity contribution in [3.05, 3.63) is 47.5 Å². The van der Waals surface area contributed by atoms with Gasteiger partial charge in [0.2, 0.25) is 5.91 Å². The van der Waals surface area contributed by atoms with E-state index >= 15 is 0 Å². The third-order valence-corrected chi connectivity index (χ3v) is 6.48. The number of amides is 1. The lowest BCUT2D eigenvalue weighted by molar-refractivity contribution is -0.116. The maximum atomic E-state index is 12.5. The van der Waals surface area contributed by atoms with Gasteiger partial charge in [-0.1, -0.05) is 50.7 Å². The average molecular weight is 455 g/mol. The molecule has 0 fully saturated rings. The summed E-state index contributed by atoms with van der Waals surface area (Å²) in [6.07, 6.45) is 4.22. The van der Waals surface area contributed by atoms with Gasteiger partial charge >= 0.3 is 0 Å². The lowest BCUT2D eigenvalue weighted by Crippen LogP contribution is -2.12. The highest BCUT2D eigenvalue weighted by Crippen LogP contribution is 2.31. The van der Waals surface area contributed by atoms with Gasteiger partial charge in [-0.25, -0.2) is 4.98 Å². The van der Waals surface area contributed by atoms with E-state index in [4.69, 9.17) is 9.47 Å². The Hall–Kier alpha value is -2.60. The van der Waals surface area contributed by atoms with Crippen LogP contribution in [-0.4, -0.2) is 24.1 Å². The number of anilines is 1. The summed E-state index contributed by atoms with van der Waals surface area (Å²) in [5, 5.41) is 3.62. The number of carbonyl (C=O) groups excluding carboxylic acids is 1. The molecular formula is C26H34N2O3S. The minimum atomic E-state index is -0.0348. The zero-order valence-electron chi connectivity index (χ0n) is 19.6. The van der Waals surface area contributed by atoms with Gasteiger partial charge in [0, 0.05) is 6.42 Å². The zero-order valence-corrected chi connectivity index (χ0v) is 20.4. The van der Waals surface area contributed by atoms with Crippen LogP contribution in [0.4, 0.5) is 5.13 Å². The van der Waals surface area contributed by atoms with Crippen LogP contribution in [0.25, 0.3) is 10.2 Å². The lowest BCUT2D eigenvalue weighted by atomic mass is 9.99. The Morgan fingerprint density at radius 1 is 1.09 bits per heavy atom. The third kappa shape index (κ3) is 6.45. The Bertz CT molecular complexity index is 1030. The highest BCUT2D eigenvalue weighted by molar-refractivity contribution is 7.22. The second-order valence-electron chi connectivity index (χ2n) is 8.02. The maximum Gasteiger partial charge on any atom is 0.226 e. The number of aromatic nitrogens is 1. The summed E-state index contributed by atoms with van der Waals surface area (Å²) in [6, 6.07) is 12.3. The number of unbranched alkanes of at least 4 members (excludes halogenated alkanes) is 1. The quantitative estimate of drug-likeness (QED) is 0.301. The summed E-state index contributed by atoms with van der Waals surface area (Å²) < 4.78 is 12.7. The Balaban J connectivity index is 1.59. The van der Waals surface area contributed by atoms with Gasteiger partial charge in [-0.2, -0.15) is 0 Å². The highest BCUT2D eigenvalue weighted by Gasteiger charge is 2.12. The maximum absolute atomic E-state index is 12.5. The molecular weight excluding hydrogens is 420 g/mol. The fourth-order valence-corrected chi connectivity index (χ4v) is 4.33. The SMILES string of the molecule is CCCCOc1ccc(CCC(=O)Nc2nc3ccc(C(C)CC)cc3s2)cc1OCC. The molecule has 3 aromatic rings. The monoisotopic (exact) mass is 454 g/mol. The number of fused-ring (bicyclic) bond motifs is 1. The summed E-state index contributed by atoms with van der Waals surface area (Å²) in [5.74, 6) is 1.99. The molecule has 0 spiro atoms. The van der Waals surface area contributed by atoms with E-state index in [1.54, 1.807) is 0 Å². The van der Waals surface area contributed by atoms with Gasteiger partial charge in [0.25, 0.3) is 0 Å². The molecule has 5 nitrogen and oxygen atoms in total. The molecule has 172 valence electrons. The minimum Gasteiger partial charge on any atom is -0.490 e. The van der Waals surface area contributed by atoms with Crippen LogP contribution in [0.3, 0.4) is 0 Å². The summed E-state index contributed by atoms with van der Waals surface area (Å²) in [6.45, 7) is 9.77. The molecule has 6 heteroatoms. The van der Waals surface area contributed by atoms with Gasteiger partial charge in [0.15, 0.2) is 16.6 Å². The molecule has 1 aromatic heterocycles. The van der Waals surface area contributed by atoms with Gasteiger partial charge < -0.3 is 14.8 Å². The van der Waals surface area contributed by atoms with Crippen molar-refractivity contribution in [2.24, 2.45) is 0 Å². The van der Waals surface area contributed by atoms with Crippen LogP contribution >= 0.6 is 11.3 Å². The van der Waals surface area contributed by atoms with Gasteiger partial charge in [0.05, 0.1) is 23.4 Å². The average Bonchev–Trinajstić information content (AvgIpc) is 3.20. The van der Waals surface area contributed by atoms with Crippen molar-refractivity contribution in [1.82, 2.24) is 4.98 Å². The number of thiazole rings is 1. The first-order valence-corrected chi connectivity index (χ1v) is 12.4. The summed E-state index contributed by atoms with van der Waals surface area (Å²) in [4.78, 5) is 17.1. The van der Waals surface area contributed by atoms with E-state index in [-0.39, 0.29) is 5.91 Å². The molecule has 1 amide bonds. The molecule has 3 rings (SSSR count). The second kappa shape index (κ2) is 11.9. The Morgan fingerprint density at radius 2 is 1.94 bits per heavy atom. The number of nitrogens with one attached hydrogen (secondary N) is 1. The number of nitrogens with zero attached hydrogens (tertiary/aromatic N) is 1. The van der Waals surface area contributed by atoms with Crippen LogP contribution in [0.2, 0.25) is 0 Å². The van der Waals surface area contributed by atoms with Crippen molar-refractivity contribution in [3.63, 3.8) is 0 Å². The number of hydrogen-bond donors (Lipinski definition) is 1. The molecule has 0 aliphatic carbocycles. The van der Waals surface area contributed by atoms with Crippen molar-refractivity contribution in [1.29, 1.82) is 0 Å². The molecule has 1 N–H and O–H groups in total. The van der Waals surface area contributed by atoms with Gasteiger partial charge in [-0.15, -0.1) is 0 Å². The summed E-state index contributed by atoms with van der Waals surface area (Å²) in [7, 11) is 0. The molecule has 1 heterocycles. The molecule has 1 atom stereocenters. The molecule has 1 unspecified atom stereocenters. The molecule has 0 saturated carbocycles. The van der Waals surface area contributed by atoms with Gasteiger partial charge in [0.1, 0.15) is 0 Å². The fourth-order valence-electron chi connectivity index (χ4n) is 3.40. The van der Waals surface area contributed by atoms with Crippen molar-refractivity contribution in [3.8, 4) is 11.5 Å². The van der Waals surface area contributed by atoms with Crippen molar-refractivity contribution < 1.29 is 14.3 Å². The molecule has 0 bridgehead atoms. The van der Waals surface area contributed by atoms with E-state index in [1.165, 1.54) is 16.9 Å². The van der Waals surface area contributed by atoms with Crippen molar-refractivity contribution >= 4 is 32.6 Å². The highest BCUT2D eigenvalue weighted by atomic mass is 32.1. The number of hydrogen-bond acceptors (Lipinski definition) is 5. The zero-order chi connectivity index (χ0) is 22.9. The van der Waals surface area contributed by atoms with Crippen LogP contribution in [0, 0.1) is 0 Å². The predicted octanol–water partition coefficient (Wildman–Crippen LogP) is 6.96. The number of ether oxygens (including phenoxy) is 2. The van der Waals surface area contributed by atoms with E-state index < -0.39 is 0 Å². The molecule has 32 heavy (non-hydrogen) atoms. The van der Waals surface area contributed by atoms with E-state index in [0.717, 1.165) is 46.5 Å². The smallest absolute Gasteiger partial charge is 0.226 e. The number of rotatable bonds is 12. The minimum absolute atomic E-state index is 0.0348. The fraction of sp³-hybridized carbons (Fsp3) is 0.462. The van der Waals surface area contributed by atoms with Gasteiger partial charge in [-0.05, 0) is 67.5 Å². The van der Waals surface area contributed by atoms with Crippen molar-refractivity contribution in [2.75, 3.05) is 18.5 Å². The number of benzene rings is 2. The van der Waals surface area contributed by atoms with Crippen LogP contribution in [-0.2, 0) is 11.2 Å². The lowest BCUT2D eigenvalue weighted by Gasteiger charge is -2.13. The Labute approximate surface area is 195 Å². The first-order valence-electron chi connectivity index (χ1n) is 11.6. The van der Waals surface area contributed by atoms with Crippen LogP contribution in [0.5, 0.6) is 11.5 Å². The Morgan fingerprint density at radius 3 is 2.69 bits per heavy atom. The number of carbonyl (C=O) groups is 1. The third-order valence-electron chi connectivity index (χ3n) is 5.54. The summed E-state index contributed by atoms with van der Waals surface area (Å²) in [5.41, 5.74) is 3.29.